The monoisotopic (exact) mass is 361 g/mol. The van der Waals surface area contributed by atoms with E-state index < -0.39 is 5.82 Å². The minimum absolute atomic E-state index is 0.381. The maximum Gasteiger partial charge on any atom is 0.126 e. The molecular formula is C16H13BrFN3O. The average Bonchev–Trinajstić information content (AvgIpc) is 2.84. The fourth-order valence-corrected chi connectivity index (χ4v) is 3.01. The van der Waals surface area contributed by atoms with Gasteiger partial charge in [-0.1, -0.05) is 33.2 Å². The van der Waals surface area contributed by atoms with E-state index in [4.69, 9.17) is 5.73 Å². The van der Waals surface area contributed by atoms with Gasteiger partial charge in [0.25, 0.3) is 0 Å². The first-order chi connectivity index (χ1) is 10.6. The van der Waals surface area contributed by atoms with Crippen LogP contribution in [0.1, 0.15) is 16.7 Å². The number of nitrogens with two attached hydrogens (primary N) is 1. The molecule has 2 aromatic rings. The van der Waals surface area contributed by atoms with Crippen LogP contribution in [0.2, 0.25) is 0 Å². The summed E-state index contributed by atoms with van der Waals surface area (Å²) in [5.74, 6) is 0.00388. The number of rotatable bonds is 3. The van der Waals surface area contributed by atoms with E-state index in [2.05, 4.69) is 26.1 Å². The molecule has 0 unspecified atom stereocenters. The van der Waals surface area contributed by atoms with Crippen molar-refractivity contribution < 1.29 is 9.60 Å². The fourth-order valence-electron chi connectivity index (χ4n) is 2.57. The molecule has 0 fully saturated rings. The van der Waals surface area contributed by atoms with E-state index in [0.717, 1.165) is 15.6 Å². The number of amidine groups is 1. The Hall–Kier alpha value is -2.21. The van der Waals surface area contributed by atoms with Crippen LogP contribution >= 0.6 is 15.9 Å². The van der Waals surface area contributed by atoms with E-state index >= 15 is 0 Å². The molecule has 0 bridgehead atoms. The summed E-state index contributed by atoms with van der Waals surface area (Å²) < 4.78 is 14.7. The molecule has 4 nitrogen and oxygen atoms in total. The summed E-state index contributed by atoms with van der Waals surface area (Å²) in [5.41, 5.74) is 8.91. The van der Waals surface area contributed by atoms with Crippen LogP contribution in [0.5, 0.6) is 0 Å². The van der Waals surface area contributed by atoms with Gasteiger partial charge in [-0.25, -0.2) is 9.38 Å². The van der Waals surface area contributed by atoms with Crippen LogP contribution in [0.25, 0.3) is 0 Å². The third-order valence-electron chi connectivity index (χ3n) is 3.51. The Morgan fingerprint density at radius 2 is 2.18 bits per heavy atom. The Labute approximate surface area is 135 Å². The normalized spacial score (nSPS) is 13.9. The van der Waals surface area contributed by atoms with Crippen molar-refractivity contribution in [3.8, 4) is 0 Å². The Morgan fingerprint density at radius 1 is 1.36 bits per heavy atom. The molecule has 22 heavy (non-hydrogen) atoms. The maximum absolute atomic E-state index is 13.8. The molecule has 0 saturated heterocycles. The first-order valence-corrected chi connectivity index (χ1v) is 7.47. The second-order valence-corrected chi connectivity index (χ2v) is 6.00. The highest BCUT2D eigenvalue weighted by Gasteiger charge is 2.21. The van der Waals surface area contributed by atoms with Crippen LogP contribution in [0, 0.1) is 5.82 Å². The first kappa shape index (κ1) is 14.7. The minimum atomic E-state index is -0.428. The topological polar surface area (TPSA) is 71.0 Å². The number of nitrogens with zero attached hydrogens (tertiary/aromatic N) is 2. The molecule has 2 aromatic carbocycles. The molecule has 0 amide bonds. The number of hydrogen-bond donors (Lipinski definition) is 2. The lowest BCUT2D eigenvalue weighted by Gasteiger charge is -2.10. The molecular weight excluding hydrogens is 349 g/mol. The molecule has 0 spiro atoms. The Bertz CT molecular complexity index is 802. The quantitative estimate of drug-likeness (QED) is 0.498. The summed E-state index contributed by atoms with van der Waals surface area (Å²) in [6, 6.07) is 10.3. The molecule has 0 radical (unpaired) electrons. The van der Waals surface area contributed by atoms with Crippen molar-refractivity contribution in [2.45, 2.75) is 12.8 Å². The van der Waals surface area contributed by atoms with Crippen LogP contribution in [-0.2, 0) is 12.8 Å². The third-order valence-corrected chi connectivity index (χ3v) is 4.00. The predicted octanol–water partition coefficient (Wildman–Crippen LogP) is 3.55. The zero-order valence-corrected chi connectivity index (χ0v) is 13.1. The molecule has 3 rings (SSSR count). The van der Waals surface area contributed by atoms with E-state index in [0.29, 0.717) is 35.6 Å². The van der Waals surface area contributed by atoms with E-state index in [9.17, 15) is 9.60 Å². The number of hydrogen-bond acceptors (Lipinski definition) is 4. The number of aliphatic imine (C=N–C) groups is 1. The van der Waals surface area contributed by atoms with E-state index in [1.54, 1.807) is 0 Å². The molecule has 0 saturated carbocycles. The highest BCUT2D eigenvalue weighted by Crippen LogP contribution is 2.31. The van der Waals surface area contributed by atoms with Crippen molar-refractivity contribution in [2.24, 2.45) is 15.9 Å². The smallest absolute Gasteiger partial charge is 0.126 e. The van der Waals surface area contributed by atoms with Crippen LogP contribution in [0.15, 0.2) is 51.0 Å². The van der Waals surface area contributed by atoms with E-state index in [1.165, 1.54) is 12.1 Å². The number of oxime groups is 1. The van der Waals surface area contributed by atoms with Gasteiger partial charge < -0.3 is 10.9 Å². The molecule has 6 heteroatoms. The summed E-state index contributed by atoms with van der Waals surface area (Å²) >= 11 is 3.40. The second-order valence-electron chi connectivity index (χ2n) is 5.08. The maximum atomic E-state index is 13.8. The van der Waals surface area contributed by atoms with Crippen molar-refractivity contribution in [1.29, 1.82) is 0 Å². The van der Waals surface area contributed by atoms with Crippen LogP contribution in [-0.4, -0.2) is 16.8 Å². The van der Waals surface area contributed by atoms with Gasteiger partial charge in [-0.3, -0.25) is 0 Å². The summed E-state index contributed by atoms with van der Waals surface area (Å²) in [6.07, 6.45) is 0.814. The average molecular weight is 362 g/mol. The van der Waals surface area contributed by atoms with Gasteiger partial charge in [0.1, 0.15) is 11.7 Å². The van der Waals surface area contributed by atoms with Crippen molar-refractivity contribution in [3.05, 3.63) is 63.4 Å². The Balaban J connectivity index is 2.00. The molecule has 3 N–H and O–H groups in total. The number of fused-ring (bicyclic) bond motifs is 1. The number of benzene rings is 2. The Morgan fingerprint density at radius 3 is 2.91 bits per heavy atom. The SMILES string of the molecule is NC1=Nc2cc(F)cc(/C(Cc3cccc(Br)c3)=N/O)c2C1. The van der Waals surface area contributed by atoms with Crippen molar-refractivity contribution in [2.75, 3.05) is 0 Å². The van der Waals surface area contributed by atoms with Crippen LogP contribution in [0.3, 0.4) is 0 Å². The molecule has 0 atom stereocenters. The van der Waals surface area contributed by atoms with Gasteiger partial charge in [0.05, 0.1) is 11.4 Å². The standard InChI is InChI=1S/C16H13BrFN3O/c17-10-3-1-2-9(4-10)5-15(21-22)12-6-11(18)7-14-13(12)8-16(19)20-14/h1-4,6-7,22H,5,8H2,(H2,19,20)/b21-15+. The van der Waals surface area contributed by atoms with Crippen molar-refractivity contribution >= 4 is 33.2 Å². The largest absolute Gasteiger partial charge is 0.411 e. The molecule has 1 heterocycles. The van der Waals surface area contributed by atoms with Crippen LogP contribution < -0.4 is 5.73 Å². The first-order valence-electron chi connectivity index (χ1n) is 6.68. The fraction of sp³-hybridized carbons (Fsp3) is 0.125. The van der Waals surface area contributed by atoms with Crippen LogP contribution in [0.4, 0.5) is 10.1 Å². The molecule has 0 aliphatic carbocycles. The second kappa shape index (κ2) is 5.88. The summed E-state index contributed by atoms with van der Waals surface area (Å²) in [7, 11) is 0. The van der Waals surface area contributed by atoms with Gasteiger partial charge >= 0.3 is 0 Å². The molecule has 1 aliphatic heterocycles. The van der Waals surface area contributed by atoms with Gasteiger partial charge in [-0.2, -0.15) is 0 Å². The van der Waals surface area contributed by atoms with Gasteiger partial charge in [0, 0.05) is 22.9 Å². The summed E-state index contributed by atoms with van der Waals surface area (Å²) in [4.78, 5) is 4.12. The summed E-state index contributed by atoms with van der Waals surface area (Å²) in [6.45, 7) is 0. The van der Waals surface area contributed by atoms with E-state index in [1.807, 2.05) is 24.3 Å². The van der Waals surface area contributed by atoms with Gasteiger partial charge in [-0.05, 0) is 35.4 Å². The Kier molecular flexibility index (Phi) is 3.94. The number of halogens is 2. The zero-order chi connectivity index (χ0) is 15.7. The van der Waals surface area contributed by atoms with Crippen molar-refractivity contribution in [1.82, 2.24) is 0 Å². The molecule has 1 aliphatic rings. The predicted molar refractivity (Wildman–Crippen MR) is 87.6 cm³/mol. The third kappa shape index (κ3) is 2.87. The highest BCUT2D eigenvalue weighted by atomic mass is 79.9. The zero-order valence-electron chi connectivity index (χ0n) is 11.6. The van der Waals surface area contributed by atoms with Crippen molar-refractivity contribution in [3.63, 3.8) is 0 Å². The lowest BCUT2D eigenvalue weighted by Crippen LogP contribution is -2.14. The summed E-state index contributed by atoms with van der Waals surface area (Å²) in [5, 5.41) is 12.8. The molecule has 0 aromatic heterocycles. The minimum Gasteiger partial charge on any atom is -0.411 e. The van der Waals surface area contributed by atoms with Gasteiger partial charge in [0.2, 0.25) is 0 Å². The lowest BCUT2D eigenvalue weighted by molar-refractivity contribution is 0.318. The van der Waals surface area contributed by atoms with E-state index in [-0.39, 0.29) is 0 Å². The highest BCUT2D eigenvalue weighted by molar-refractivity contribution is 9.10. The lowest BCUT2D eigenvalue weighted by atomic mass is 9.95. The molecule has 112 valence electrons. The van der Waals surface area contributed by atoms with Gasteiger partial charge in [0.15, 0.2) is 0 Å². The van der Waals surface area contributed by atoms with Gasteiger partial charge in [-0.15, -0.1) is 0 Å².